The maximum Gasteiger partial charge on any atom is 0.417 e. The van der Waals surface area contributed by atoms with Crippen molar-refractivity contribution < 1.29 is 21.6 Å². The molecule has 28 heavy (non-hydrogen) atoms. The number of alkyl halides is 3. The number of halogens is 4. The first-order valence-corrected chi connectivity index (χ1v) is 10.1. The molecule has 0 N–H and O–H groups in total. The minimum atomic E-state index is -4.64. The summed E-state index contributed by atoms with van der Waals surface area (Å²) >= 11 is 5.99. The highest BCUT2D eigenvalue weighted by atomic mass is 35.5. The molecule has 1 saturated heterocycles. The molecule has 0 spiro atoms. The third-order valence-corrected chi connectivity index (χ3v) is 6.89. The second-order valence-corrected chi connectivity index (χ2v) is 8.47. The lowest BCUT2D eigenvalue weighted by atomic mass is 10.1. The highest BCUT2D eigenvalue weighted by Crippen LogP contribution is 2.35. The molecule has 0 aliphatic carbocycles. The number of rotatable bonds is 3. The second kappa shape index (κ2) is 7.62. The zero-order valence-corrected chi connectivity index (χ0v) is 16.0. The molecular weight excluding hydrogens is 415 g/mol. The quantitative estimate of drug-likeness (QED) is 0.745. The lowest BCUT2D eigenvalue weighted by molar-refractivity contribution is -0.137. The Morgan fingerprint density at radius 1 is 1.04 bits per heavy atom. The zero-order valence-electron chi connectivity index (χ0n) is 14.4. The van der Waals surface area contributed by atoms with Crippen molar-refractivity contribution >= 4 is 27.3 Å². The van der Waals surface area contributed by atoms with E-state index in [0.29, 0.717) is 5.69 Å². The fraction of sp³-hybridized carbons (Fsp3) is 0.278. The van der Waals surface area contributed by atoms with Crippen LogP contribution in [-0.2, 0) is 16.2 Å². The van der Waals surface area contributed by atoms with Crippen LogP contribution in [0.5, 0.6) is 0 Å². The molecule has 0 unspecified atom stereocenters. The topological polar surface area (TPSA) is 64.4 Å². The van der Waals surface area contributed by atoms with Gasteiger partial charge < -0.3 is 4.90 Å². The van der Waals surface area contributed by atoms with E-state index >= 15 is 0 Å². The third-order valence-electron chi connectivity index (χ3n) is 4.49. The summed E-state index contributed by atoms with van der Waals surface area (Å²) in [4.78, 5) is 1.66. The van der Waals surface area contributed by atoms with Crippen LogP contribution in [0.2, 0.25) is 5.02 Å². The predicted molar refractivity (Wildman–Crippen MR) is 98.6 cm³/mol. The van der Waals surface area contributed by atoms with Crippen molar-refractivity contribution in [2.24, 2.45) is 0 Å². The maximum absolute atomic E-state index is 13.2. The van der Waals surface area contributed by atoms with Crippen molar-refractivity contribution in [3.63, 3.8) is 0 Å². The minimum Gasteiger partial charge on any atom is -0.369 e. The smallest absolute Gasteiger partial charge is 0.369 e. The standard InChI is InChI=1S/C18H15ClF3N3O2S/c19-16-3-1-2-4-17(16)28(26,27)25-9-7-24(8-10-25)14-6-5-13(12-23)15(11-14)18(20,21)22/h1-6,11H,7-10H2. The average molecular weight is 430 g/mol. The van der Waals surface area contributed by atoms with Crippen LogP contribution in [0.4, 0.5) is 18.9 Å². The summed E-state index contributed by atoms with van der Waals surface area (Å²) < 4.78 is 66.3. The first-order chi connectivity index (χ1) is 13.1. The number of sulfonamides is 1. The number of nitriles is 1. The molecule has 0 bridgehead atoms. The lowest BCUT2D eigenvalue weighted by Crippen LogP contribution is -2.48. The summed E-state index contributed by atoms with van der Waals surface area (Å²) in [6, 6.07) is 11.1. The summed E-state index contributed by atoms with van der Waals surface area (Å²) in [6.07, 6.45) is -4.64. The van der Waals surface area contributed by atoms with Crippen LogP contribution in [0, 0.1) is 11.3 Å². The number of benzene rings is 2. The Labute approximate surface area is 165 Å². The lowest BCUT2D eigenvalue weighted by Gasteiger charge is -2.35. The largest absolute Gasteiger partial charge is 0.417 e. The number of piperazine rings is 1. The average Bonchev–Trinajstić information content (AvgIpc) is 2.67. The van der Waals surface area contributed by atoms with Crippen molar-refractivity contribution in [1.29, 1.82) is 5.26 Å². The van der Waals surface area contributed by atoms with Crippen LogP contribution in [0.25, 0.3) is 0 Å². The molecule has 1 fully saturated rings. The molecule has 2 aromatic rings. The molecule has 2 aromatic carbocycles. The van der Waals surface area contributed by atoms with Gasteiger partial charge in [-0.3, -0.25) is 0 Å². The van der Waals surface area contributed by atoms with Gasteiger partial charge in [0.15, 0.2) is 0 Å². The van der Waals surface area contributed by atoms with Crippen LogP contribution < -0.4 is 4.90 Å². The summed E-state index contributed by atoms with van der Waals surface area (Å²) in [5.74, 6) is 0. The highest BCUT2D eigenvalue weighted by Gasteiger charge is 2.35. The van der Waals surface area contributed by atoms with E-state index in [9.17, 15) is 21.6 Å². The van der Waals surface area contributed by atoms with Crippen LogP contribution >= 0.6 is 11.6 Å². The van der Waals surface area contributed by atoms with Gasteiger partial charge in [-0.15, -0.1) is 0 Å². The first kappa shape index (κ1) is 20.5. The Bertz CT molecular complexity index is 1030. The molecule has 0 aromatic heterocycles. The SMILES string of the molecule is N#Cc1ccc(N2CCN(S(=O)(=O)c3ccccc3Cl)CC2)cc1C(F)(F)F. The Morgan fingerprint density at radius 3 is 2.25 bits per heavy atom. The summed E-state index contributed by atoms with van der Waals surface area (Å²) in [5.41, 5.74) is -1.16. The van der Waals surface area contributed by atoms with Gasteiger partial charge in [0, 0.05) is 31.9 Å². The number of nitrogens with zero attached hydrogens (tertiary/aromatic N) is 3. The molecule has 0 saturated carbocycles. The summed E-state index contributed by atoms with van der Waals surface area (Å²) in [6.45, 7) is 0.642. The monoisotopic (exact) mass is 429 g/mol. The second-order valence-electron chi connectivity index (χ2n) is 6.16. The molecule has 1 aliphatic rings. The minimum absolute atomic E-state index is 0.00264. The first-order valence-electron chi connectivity index (χ1n) is 8.25. The molecule has 148 valence electrons. The highest BCUT2D eigenvalue weighted by molar-refractivity contribution is 7.89. The number of hydrogen-bond donors (Lipinski definition) is 0. The Balaban J connectivity index is 1.80. The third kappa shape index (κ3) is 3.94. The molecule has 5 nitrogen and oxygen atoms in total. The summed E-state index contributed by atoms with van der Waals surface area (Å²) in [7, 11) is -3.79. The van der Waals surface area contributed by atoms with Gasteiger partial charge in [0.05, 0.1) is 22.2 Å². The van der Waals surface area contributed by atoms with Gasteiger partial charge in [-0.25, -0.2) is 8.42 Å². The van der Waals surface area contributed by atoms with Crippen molar-refractivity contribution in [2.45, 2.75) is 11.1 Å². The summed E-state index contributed by atoms with van der Waals surface area (Å²) in [5, 5.41) is 9.01. The molecule has 1 heterocycles. The Hall–Kier alpha value is -2.28. The number of anilines is 1. The van der Waals surface area contributed by atoms with E-state index in [4.69, 9.17) is 16.9 Å². The van der Waals surface area contributed by atoms with E-state index in [1.807, 2.05) is 0 Å². The predicted octanol–water partition coefficient (Wildman–Crippen LogP) is 3.74. The Kier molecular flexibility index (Phi) is 5.57. The molecule has 1 aliphatic heterocycles. The van der Waals surface area contributed by atoms with Gasteiger partial charge in [-0.1, -0.05) is 23.7 Å². The fourth-order valence-corrected chi connectivity index (χ4v) is 4.96. The van der Waals surface area contributed by atoms with Gasteiger partial charge >= 0.3 is 6.18 Å². The molecule has 0 radical (unpaired) electrons. The van der Waals surface area contributed by atoms with Gasteiger partial charge in [-0.2, -0.15) is 22.7 Å². The van der Waals surface area contributed by atoms with Gasteiger partial charge in [-0.05, 0) is 30.3 Å². The van der Waals surface area contributed by atoms with Gasteiger partial charge in [0.1, 0.15) is 4.90 Å². The fourth-order valence-electron chi connectivity index (χ4n) is 3.04. The van der Waals surface area contributed by atoms with Crippen LogP contribution in [-0.4, -0.2) is 38.9 Å². The van der Waals surface area contributed by atoms with E-state index in [-0.39, 0.29) is 36.1 Å². The number of hydrogen-bond acceptors (Lipinski definition) is 4. The van der Waals surface area contributed by atoms with Crippen molar-refractivity contribution in [1.82, 2.24) is 4.31 Å². The Morgan fingerprint density at radius 2 is 1.68 bits per heavy atom. The van der Waals surface area contributed by atoms with Crippen LogP contribution in [0.3, 0.4) is 0 Å². The van der Waals surface area contributed by atoms with Gasteiger partial charge in [0.2, 0.25) is 10.0 Å². The normalized spacial score (nSPS) is 16.0. The van der Waals surface area contributed by atoms with Crippen molar-refractivity contribution in [2.75, 3.05) is 31.1 Å². The molecule has 10 heteroatoms. The van der Waals surface area contributed by atoms with E-state index in [1.165, 1.54) is 22.5 Å². The zero-order chi connectivity index (χ0) is 20.5. The van der Waals surface area contributed by atoms with Crippen LogP contribution in [0.1, 0.15) is 11.1 Å². The van der Waals surface area contributed by atoms with Crippen LogP contribution in [0.15, 0.2) is 47.4 Å². The molecule has 0 atom stereocenters. The van der Waals surface area contributed by atoms with Gasteiger partial charge in [0.25, 0.3) is 0 Å². The van der Waals surface area contributed by atoms with Crippen molar-refractivity contribution in [3.05, 3.63) is 58.6 Å². The molecule has 3 rings (SSSR count). The van der Waals surface area contributed by atoms with Crippen molar-refractivity contribution in [3.8, 4) is 6.07 Å². The molecular formula is C18H15ClF3N3O2S. The van der Waals surface area contributed by atoms with E-state index in [2.05, 4.69) is 0 Å². The van der Waals surface area contributed by atoms with E-state index in [1.54, 1.807) is 23.1 Å². The van der Waals surface area contributed by atoms with E-state index in [0.717, 1.165) is 12.1 Å². The molecule has 0 amide bonds. The van der Waals surface area contributed by atoms with E-state index < -0.39 is 27.3 Å². The maximum atomic E-state index is 13.2.